The molecular formula is C17H21N2O4P. The molecule has 1 N–H and O–H groups in total. The Balaban J connectivity index is 2.36. The van der Waals surface area contributed by atoms with Gasteiger partial charge in [0.25, 0.3) is 5.91 Å². The van der Waals surface area contributed by atoms with Gasteiger partial charge in [0.2, 0.25) is 0 Å². The summed E-state index contributed by atoms with van der Waals surface area (Å²) in [6.45, 7) is 3.90. The van der Waals surface area contributed by atoms with Crippen LogP contribution in [0.15, 0.2) is 54.9 Å². The van der Waals surface area contributed by atoms with E-state index in [2.05, 4.69) is 10.3 Å². The number of carbonyl (C=O) groups is 1. The first-order chi connectivity index (χ1) is 11.6. The minimum absolute atomic E-state index is 0.214. The average Bonchev–Trinajstić information content (AvgIpc) is 2.61. The first-order valence-corrected chi connectivity index (χ1v) is 9.36. The van der Waals surface area contributed by atoms with E-state index in [1.807, 2.05) is 18.2 Å². The Morgan fingerprint density at radius 2 is 1.67 bits per heavy atom. The van der Waals surface area contributed by atoms with Gasteiger partial charge in [-0.05, 0) is 31.5 Å². The molecule has 0 unspecified atom stereocenters. The second-order valence-electron chi connectivity index (χ2n) is 4.90. The molecule has 0 aliphatic carbocycles. The van der Waals surface area contributed by atoms with Gasteiger partial charge in [-0.2, -0.15) is 0 Å². The molecule has 1 aromatic heterocycles. The van der Waals surface area contributed by atoms with E-state index < -0.39 is 13.4 Å². The second kappa shape index (κ2) is 8.73. The number of aromatic nitrogens is 1. The molecule has 1 atom stereocenters. The number of rotatable bonds is 8. The summed E-state index contributed by atoms with van der Waals surface area (Å²) in [6, 6.07) is 12.2. The van der Waals surface area contributed by atoms with Gasteiger partial charge in [-0.25, -0.2) is 0 Å². The maximum Gasteiger partial charge on any atom is 0.357 e. The minimum atomic E-state index is -3.57. The summed E-state index contributed by atoms with van der Waals surface area (Å²) in [5.74, 6) is -1.26. The van der Waals surface area contributed by atoms with Crippen LogP contribution in [-0.2, 0) is 13.6 Å². The summed E-state index contributed by atoms with van der Waals surface area (Å²) in [4.78, 5) is 16.4. The maximum absolute atomic E-state index is 13.2. The summed E-state index contributed by atoms with van der Waals surface area (Å²) in [5, 5.41) is 2.78. The average molecular weight is 348 g/mol. The lowest BCUT2D eigenvalue weighted by molar-refractivity contribution is 0.0937. The van der Waals surface area contributed by atoms with E-state index in [4.69, 9.17) is 9.05 Å². The largest absolute Gasteiger partial charge is 0.357 e. The van der Waals surface area contributed by atoms with E-state index in [-0.39, 0.29) is 19.1 Å². The number of hydrogen-bond acceptors (Lipinski definition) is 5. The van der Waals surface area contributed by atoms with Crippen molar-refractivity contribution >= 4 is 13.5 Å². The van der Waals surface area contributed by atoms with Gasteiger partial charge in [0.1, 0.15) is 0 Å². The molecule has 2 rings (SSSR count). The van der Waals surface area contributed by atoms with E-state index in [0.717, 1.165) is 0 Å². The normalized spacial score (nSPS) is 12.6. The molecule has 0 fully saturated rings. The van der Waals surface area contributed by atoms with Crippen LogP contribution in [-0.4, -0.2) is 24.1 Å². The smallest absolute Gasteiger partial charge is 0.334 e. The van der Waals surface area contributed by atoms with Gasteiger partial charge in [0.05, 0.1) is 13.2 Å². The fourth-order valence-corrected chi connectivity index (χ4v) is 4.14. The van der Waals surface area contributed by atoms with Crippen LogP contribution in [0.2, 0.25) is 0 Å². The van der Waals surface area contributed by atoms with Crippen molar-refractivity contribution in [3.8, 4) is 0 Å². The zero-order valence-electron chi connectivity index (χ0n) is 13.7. The summed E-state index contributed by atoms with van der Waals surface area (Å²) < 4.78 is 24.1. The van der Waals surface area contributed by atoms with Gasteiger partial charge in [0.15, 0.2) is 5.78 Å². The second-order valence-corrected chi connectivity index (χ2v) is 7.01. The molecule has 6 nitrogen and oxygen atoms in total. The van der Waals surface area contributed by atoms with Gasteiger partial charge in [-0.1, -0.05) is 30.3 Å². The van der Waals surface area contributed by atoms with Crippen molar-refractivity contribution in [2.24, 2.45) is 0 Å². The van der Waals surface area contributed by atoms with Crippen molar-refractivity contribution in [1.82, 2.24) is 10.3 Å². The van der Waals surface area contributed by atoms with Crippen LogP contribution in [0.1, 0.15) is 35.6 Å². The summed E-state index contributed by atoms with van der Waals surface area (Å²) in [7, 11) is -3.57. The SMILES string of the molecule is CCOP(=O)(OCC)[C@@H](NC(=O)c1ccncc1)c1ccccc1. The molecule has 1 amide bonds. The molecule has 0 saturated heterocycles. The summed E-state index contributed by atoms with van der Waals surface area (Å²) in [6.07, 6.45) is 3.05. The van der Waals surface area contributed by atoms with Crippen molar-refractivity contribution in [3.63, 3.8) is 0 Å². The molecular weight excluding hydrogens is 327 g/mol. The zero-order valence-corrected chi connectivity index (χ0v) is 14.6. The maximum atomic E-state index is 13.2. The van der Waals surface area contributed by atoms with Crippen LogP contribution < -0.4 is 5.32 Å². The molecule has 0 bridgehead atoms. The highest BCUT2D eigenvalue weighted by Gasteiger charge is 2.38. The number of hydrogen-bond donors (Lipinski definition) is 1. The number of nitrogens with zero attached hydrogens (tertiary/aromatic N) is 1. The fourth-order valence-electron chi connectivity index (χ4n) is 2.24. The number of amides is 1. The van der Waals surface area contributed by atoms with Crippen molar-refractivity contribution < 1.29 is 18.4 Å². The Bertz CT molecular complexity index is 684. The van der Waals surface area contributed by atoms with Crippen LogP contribution in [0.25, 0.3) is 0 Å². The topological polar surface area (TPSA) is 77.5 Å². The van der Waals surface area contributed by atoms with Gasteiger partial charge < -0.3 is 14.4 Å². The molecule has 0 saturated carbocycles. The monoisotopic (exact) mass is 348 g/mol. The van der Waals surface area contributed by atoms with Crippen molar-refractivity contribution in [2.75, 3.05) is 13.2 Å². The first-order valence-electron chi connectivity index (χ1n) is 7.75. The minimum Gasteiger partial charge on any atom is -0.334 e. The van der Waals surface area contributed by atoms with Gasteiger partial charge in [-0.3, -0.25) is 14.3 Å². The van der Waals surface area contributed by atoms with Crippen molar-refractivity contribution in [2.45, 2.75) is 19.6 Å². The van der Waals surface area contributed by atoms with Crippen LogP contribution in [0.4, 0.5) is 0 Å². The molecule has 128 valence electrons. The molecule has 0 spiro atoms. The molecule has 7 heteroatoms. The Hall–Kier alpha value is -2.01. The number of carbonyl (C=O) groups excluding carboxylic acids is 1. The predicted molar refractivity (Wildman–Crippen MR) is 91.7 cm³/mol. The Morgan fingerprint density at radius 3 is 2.21 bits per heavy atom. The Labute approximate surface area is 141 Å². The zero-order chi connectivity index (χ0) is 17.4. The van der Waals surface area contributed by atoms with Gasteiger partial charge in [-0.15, -0.1) is 0 Å². The number of pyridine rings is 1. The van der Waals surface area contributed by atoms with Crippen LogP contribution in [0.3, 0.4) is 0 Å². The van der Waals surface area contributed by atoms with E-state index in [9.17, 15) is 9.36 Å². The van der Waals surface area contributed by atoms with E-state index in [1.54, 1.807) is 38.1 Å². The van der Waals surface area contributed by atoms with Gasteiger partial charge in [0, 0.05) is 18.0 Å². The lowest BCUT2D eigenvalue weighted by Gasteiger charge is -2.27. The Kier molecular flexibility index (Phi) is 6.67. The fraction of sp³-hybridized carbons (Fsp3) is 0.294. The van der Waals surface area contributed by atoms with E-state index in [0.29, 0.717) is 11.1 Å². The summed E-state index contributed by atoms with van der Waals surface area (Å²) >= 11 is 0. The van der Waals surface area contributed by atoms with E-state index in [1.165, 1.54) is 12.4 Å². The van der Waals surface area contributed by atoms with Crippen LogP contribution >= 0.6 is 7.60 Å². The van der Waals surface area contributed by atoms with Crippen molar-refractivity contribution in [3.05, 3.63) is 66.0 Å². The predicted octanol–water partition coefficient (Wildman–Crippen LogP) is 3.78. The van der Waals surface area contributed by atoms with Gasteiger partial charge >= 0.3 is 7.60 Å². The third kappa shape index (κ3) is 4.51. The standard InChI is InChI=1S/C17H21N2O4P/c1-3-22-24(21,23-4-2)17(15-8-6-5-7-9-15)19-16(20)14-10-12-18-13-11-14/h5-13,17H,3-4H2,1-2H3,(H,19,20)/t17-/m1/s1. The molecule has 1 aromatic carbocycles. The number of nitrogens with one attached hydrogen (secondary N) is 1. The third-order valence-electron chi connectivity index (χ3n) is 3.26. The first kappa shape index (κ1) is 18.3. The highest BCUT2D eigenvalue weighted by molar-refractivity contribution is 7.54. The molecule has 1 heterocycles. The Morgan fingerprint density at radius 1 is 1.08 bits per heavy atom. The molecule has 2 aromatic rings. The quantitative estimate of drug-likeness (QED) is 0.735. The lowest BCUT2D eigenvalue weighted by atomic mass is 10.2. The molecule has 0 aliphatic heterocycles. The van der Waals surface area contributed by atoms with Crippen LogP contribution in [0.5, 0.6) is 0 Å². The summed E-state index contributed by atoms with van der Waals surface area (Å²) in [5.41, 5.74) is 1.08. The highest BCUT2D eigenvalue weighted by atomic mass is 31.2. The van der Waals surface area contributed by atoms with Crippen LogP contribution in [0, 0.1) is 0 Å². The highest BCUT2D eigenvalue weighted by Crippen LogP contribution is 2.59. The third-order valence-corrected chi connectivity index (χ3v) is 5.56. The number of benzene rings is 1. The lowest BCUT2D eigenvalue weighted by Crippen LogP contribution is -2.29. The molecule has 24 heavy (non-hydrogen) atoms. The molecule has 0 radical (unpaired) electrons. The van der Waals surface area contributed by atoms with Crippen molar-refractivity contribution in [1.29, 1.82) is 0 Å². The molecule has 0 aliphatic rings. The van der Waals surface area contributed by atoms with E-state index >= 15 is 0 Å².